The predicted octanol–water partition coefficient (Wildman–Crippen LogP) is 1.31. The molecule has 3 rings (SSSR count). The van der Waals surface area contributed by atoms with E-state index in [0.717, 1.165) is 54.7 Å². The molecule has 0 aromatic heterocycles. The van der Waals surface area contributed by atoms with Crippen LogP contribution in [0.3, 0.4) is 0 Å². The topological polar surface area (TPSA) is 23.1 Å². The van der Waals surface area contributed by atoms with Crippen molar-refractivity contribution in [3.8, 4) is 0 Å². The van der Waals surface area contributed by atoms with Crippen molar-refractivity contribution in [2.45, 2.75) is 34.4 Å². The molecule has 0 aromatic rings. The van der Waals surface area contributed by atoms with Crippen molar-refractivity contribution in [3.05, 3.63) is 72.9 Å². The minimum atomic E-state index is -5.37. The number of halogens is 7. The fourth-order valence-corrected chi connectivity index (χ4v) is 8.20. The van der Waals surface area contributed by atoms with E-state index in [9.17, 15) is 31.1 Å². The normalized spacial score (nSPS) is 32.9. The third kappa shape index (κ3) is 4.30. The molecule has 1 nitrogen and oxygen atoms in total. The molecule has 0 spiro atoms. The van der Waals surface area contributed by atoms with Crippen LogP contribution in [0.1, 0.15) is 0 Å². The summed E-state index contributed by atoms with van der Waals surface area (Å²) in [5.41, 5.74) is -6.71. The molecule has 3 unspecified atom stereocenters. The largest absolute Gasteiger partial charge is 2.00 e. The van der Waals surface area contributed by atoms with Crippen LogP contribution in [-0.2, 0) is 0 Å². The number of rotatable bonds is 3. The Bertz CT molecular complexity index is 661. The van der Waals surface area contributed by atoms with Crippen molar-refractivity contribution in [1.29, 1.82) is 0 Å². The van der Waals surface area contributed by atoms with Gasteiger partial charge in [-0.15, -0.1) is 0 Å². The Morgan fingerprint density at radius 3 is 1.04 bits per heavy atom. The molecular formula is C18H15BrF6MgOSi. The molecule has 0 N–H and O–H groups in total. The molecule has 148 valence electrons. The van der Waals surface area contributed by atoms with E-state index in [-0.39, 0.29) is 40.0 Å². The van der Waals surface area contributed by atoms with Gasteiger partial charge in [-0.2, -0.15) is 0 Å². The Morgan fingerprint density at radius 2 is 0.821 bits per heavy atom. The van der Waals surface area contributed by atoms with Gasteiger partial charge in [-0.05, 0) is 18.2 Å². The molecule has 0 heterocycles. The summed E-state index contributed by atoms with van der Waals surface area (Å²) in [6, 6.07) is 0. The van der Waals surface area contributed by atoms with Crippen LogP contribution in [0.2, 0.25) is 16.6 Å². The van der Waals surface area contributed by atoms with E-state index in [4.69, 9.17) is 0 Å². The van der Waals surface area contributed by atoms with Crippen LogP contribution >= 0.6 is 0 Å². The monoisotopic (exact) mass is 492 g/mol. The molecule has 0 fully saturated rings. The van der Waals surface area contributed by atoms with Gasteiger partial charge in [0.1, 0.15) is 0 Å². The molecule has 0 saturated heterocycles. The molecule has 0 bridgehead atoms. The summed E-state index contributed by atoms with van der Waals surface area (Å²) in [6.07, 6.45) is 10.00. The van der Waals surface area contributed by atoms with Gasteiger partial charge in [0.25, 0.3) is 17.8 Å². The van der Waals surface area contributed by atoms with E-state index in [2.05, 4.69) is 0 Å². The summed E-state index contributed by atoms with van der Waals surface area (Å²) in [5.74, 6) is -11.3. The van der Waals surface area contributed by atoms with Crippen molar-refractivity contribution < 1.29 is 48.1 Å². The molecule has 0 saturated carbocycles. The second kappa shape index (κ2) is 8.67. The molecular weight excluding hydrogens is 478 g/mol. The van der Waals surface area contributed by atoms with Crippen LogP contribution in [0.15, 0.2) is 72.9 Å². The molecule has 0 radical (unpaired) electrons. The van der Waals surface area contributed by atoms with Crippen LogP contribution in [0.5, 0.6) is 0 Å². The quantitative estimate of drug-likeness (QED) is 0.430. The van der Waals surface area contributed by atoms with Crippen LogP contribution in [0.4, 0.5) is 26.3 Å². The predicted molar refractivity (Wildman–Crippen MR) is 92.4 cm³/mol. The molecule has 3 atom stereocenters. The van der Waals surface area contributed by atoms with Gasteiger partial charge >= 0.3 is 23.1 Å². The SMILES string of the molecule is [Br-].[Mg+2].[O-][Si](C1C=CC=CC1(F)F)(C1C=CC=CC1(F)F)C1C=CC=CC1(F)F. The first-order chi connectivity index (χ1) is 12.0. The third-order valence-electron chi connectivity index (χ3n) is 4.90. The fourth-order valence-electron chi connectivity index (χ4n) is 3.71. The van der Waals surface area contributed by atoms with E-state index in [0.29, 0.717) is 18.2 Å². The minimum absolute atomic E-state index is 0. The zero-order chi connectivity index (χ0) is 19.2. The summed E-state index contributed by atoms with van der Waals surface area (Å²) < 4.78 is 87.0. The minimum Gasteiger partial charge on any atom is -1.00 e. The van der Waals surface area contributed by atoms with Crippen molar-refractivity contribution in [2.75, 3.05) is 0 Å². The summed E-state index contributed by atoms with van der Waals surface area (Å²) in [6.45, 7) is 0. The van der Waals surface area contributed by atoms with Crippen molar-refractivity contribution in [3.63, 3.8) is 0 Å². The maximum absolute atomic E-state index is 14.5. The average molecular weight is 494 g/mol. The van der Waals surface area contributed by atoms with Gasteiger partial charge in [0.2, 0.25) is 0 Å². The molecule has 0 amide bonds. The van der Waals surface area contributed by atoms with E-state index >= 15 is 0 Å². The summed E-state index contributed by atoms with van der Waals surface area (Å²) in [5, 5.41) is 0. The van der Waals surface area contributed by atoms with E-state index in [1.54, 1.807) is 0 Å². The van der Waals surface area contributed by atoms with E-state index < -0.39 is 42.7 Å². The van der Waals surface area contributed by atoms with Crippen LogP contribution in [-0.4, -0.2) is 49.1 Å². The zero-order valence-corrected chi connectivity index (χ0v) is 18.4. The number of allylic oxidation sites excluding steroid dienone is 12. The second-order valence-electron chi connectivity index (χ2n) is 6.54. The standard InChI is InChI=1S/C18H15F6OSi.BrH.Mg/c19-16(20)10-4-1-7-13(16)26(25,14-8-2-5-11-17(14,21)22)15-9-3-6-12-18(15,23)24;;/h1-15H;1H;/q-1;;+2/p-1. The van der Waals surface area contributed by atoms with Crippen molar-refractivity contribution >= 4 is 31.4 Å². The molecule has 3 aliphatic carbocycles. The molecule has 28 heavy (non-hydrogen) atoms. The zero-order valence-electron chi connectivity index (χ0n) is 14.4. The van der Waals surface area contributed by atoms with Crippen LogP contribution < -0.4 is 21.8 Å². The first kappa shape index (κ1) is 25.5. The Morgan fingerprint density at radius 1 is 0.571 bits per heavy atom. The molecule has 10 heteroatoms. The molecule has 0 aromatic carbocycles. The Labute approximate surface area is 186 Å². The number of hydrogen-bond donors (Lipinski definition) is 0. The van der Waals surface area contributed by atoms with Gasteiger partial charge in [-0.3, -0.25) is 0 Å². The van der Waals surface area contributed by atoms with E-state index in [1.807, 2.05) is 0 Å². The second-order valence-corrected chi connectivity index (χ2v) is 10.1. The van der Waals surface area contributed by atoms with Gasteiger partial charge in [0.15, 0.2) is 0 Å². The maximum atomic E-state index is 14.5. The fraction of sp³-hybridized carbons (Fsp3) is 0.333. The van der Waals surface area contributed by atoms with Crippen LogP contribution in [0.25, 0.3) is 0 Å². The number of hydrogen-bond acceptors (Lipinski definition) is 1. The first-order valence-electron chi connectivity index (χ1n) is 7.94. The average Bonchev–Trinajstić information content (AvgIpc) is 2.53. The van der Waals surface area contributed by atoms with Gasteiger partial charge in [-0.1, -0.05) is 54.7 Å². The van der Waals surface area contributed by atoms with Crippen LogP contribution in [0, 0.1) is 0 Å². The Balaban J connectivity index is 0.00000196. The Kier molecular flexibility index (Phi) is 7.89. The maximum Gasteiger partial charge on any atom is 2.00 e. The molecule has 3 aliphatic rings. The van der Waals surface area contributed by atoms with Gasteiger partial charge < -0.3 is 21.8 Å². The summed E-state index contributed by atoms with van der Waals surface area (Å²) in [7, 11) is -5.37. The van der Waals surface area contributed by atoms with Gasteiger partial charge in [-0.25, -0.2) is 26.3 Å². The summed E-state index contributed by atoms with van der Waals surface area (Å²) in [4.78, 5) is 13.9. The van der Waals surface area contributed by atoms with Gasteiger partial charge in [0.05, 0.1) is 0 Å². The van der Waals surface area contributed by atoms with Gasteiger partial charge in [0, 0.05) is 24.9 Å². The van der Waals surface area contributed by atoms with Crippen molar-refractivity contribution in [1.82, 2.24) is 0 Å². The summed E-state index contributed by atoms with van der Waals surface area (Å²) >= 11 is 0. The first-order valence-corrected chi connectivity index (χ1v) is 10.1. The third-order valence-corrected chi connectivity index (χ3v) is 9.55. The molecule has 0 aliphatic heterocycles. The van der Waals surface area contributed by atoms with E-state index in [1.165, 1.54) is 0 Å². The smallest absolute Gasteiger partial charge is 1.00 e. The Hall–Kier alpha value is -0.557. The van der Waals surface area contributed by atoms with Crippen molar-refractivity contribution in [2.24, 2.45) is 0 Å². The number of alkyl halides is 6.